The fourth-order valence-corrected chi connectivity index (χ4v) is 5.22. The summed E-state index contributed by atoms with van der Waals surface area (Å²) in [5, 5.41) is 0.581. The van der Waals surface area contributed by atoms with Crippen LogP contribution < -0.4 is 5.56 Å². The van der Waals surface area contributed by atoms with Gasteiger partial charge >= 0.3 is 0 Å². The Morgan fingerprint density at radius 1 is 0.686 bits per heavy atom. The minimum absolute atomic E-state index is 0.134. The molecule has 1 aliphatic rings. The lowest BCUT2D eigenvalue weighted by molar-refractivity contribution is 0.103. The first-order valence-corrected chi connectivity index (χ1v) is 13.9. The summed E-state index contributed by atoms with van der Waals surface area (Å²) in [5.74, 6) is 0.121. The number of carbonyl (C=O) groups is 1. The van der Waals surface area contributed by atoms with Gasteiger partial charge in [-0.15, -0.1) is 0 Å². The van der Waals surface area contributed by atoms with E-state index in [9.17, 15) is 9.59 Å². The molecule has 4 rings (SSSR count). The predicted molar refractivity (Wildman–Crippen MR) is 145 cm³/mol. The Labute approximate surface area is 209 Å². The second-order valence-corrected chi connectivity index (χ2v) is 10.1. The van der Waals surface area contributed by atoms with Crippen LogP contribution in [-0.4, -0.2) is 15.3 Å². The van der Waals surface area contributed by atoms with Crippen LogP contribution in [0, 0.1) is 0 Å². The van der Waals surface area contributed by atoms with Crippen LogP contribution in [0.3, 0.4) is 0 Å². The minimum atomic E-state index is -0.146. The molecule has 0 atom stereocenters. The van der Waals surface area contributed by atoms with E-state index in [1.54, 1.807) is 0 Å². The molecule has 0 spiro atoms. The maximum Gasteiger partial charge on any atom is 0.266 e. The molecule has 0 aliphatic carbocycles. The lowest BCUT2D eigenvalue weighted by Gasteiger charge is -2.08. The van der Waals surface area contributed by atoms with Gasteiger partial charge in [-0.2, -0.15) is 0 Å². The number of rotatable bonds is 14. The number of fused-ring (bicyclic) bond motifs is 4. The first kappa shape index (κ1) is 25.3. The van der Waals surface area contributed by atoms with Crippen LogP contribution in [0.4, 0.5) is 0 Å². The van der Waals surface area contributed by atoms with Crippen LogP contribution in [0.25, 0.3) is 16.6 Å². The minimum Gasteiger partial charge on any atom is -0.285 e. The average molecular weight is 473 g/mol. The Balaban J connectivity index is 1.48. The third-order valence-electron chi connectivity index (χ3n) is 7.32. The normalized spacial score (nSPS) is 12.3. The summed E-state index contributed by atoms with van der Waals surface area (Å²) in [7, 11) is 0. The summed E-state index contributed by atoms with van der Waals surface area (Å²) in [5.41, 5.74) is 4.13. The van der Waals surface area contributed by atoms with E-state index in [0.29, 0.717) is 22.2 Å². The van der Waals surface area contributed by atoms with Crippen LogP contribution in [0.5, 0.6) is 0 Å². The molecule has 0 amide bonds. The van der Waals surface area contributed by atoms with Gasteiger partial charge in [0.2, 0.25) is 5.78 Å². The Hall–Kier alpha value is -2.75. The molecule has 186 valence electrons. The second kappa shape index (κ2) is 12.3. The highest BCUT2D eigenvalue weighted by atomic mass is 16.1. The number of hydrogen-bond donors (Lipinski definition) is 0. The van der Waals surface area contributed by atoms with E-state index >= 15 is 0 Å². The number of aromatic nitrogens is 2. The molecule has 1 aliphatic heterocycles. The van der Waals surface area contributed by atoms with Crippen LogP contribution in [0.2, 0.25) is 0 Å². The van der Waals surface area contributed by atoms with Crippen LogP contribution in [0.1, 0.15) is 118 Å². The summed E-state index contributed by atoms with van der Waals surface area (Å²) in [6.45, 7) is 4.47. The van der Waals surface area contributed by atoms with Gasteiger partial charge in [0.25, 0.3) is 5.56 Å². The van der Waals surface area contributed by atoms with E-state index in [1.807, 2.05) is 30.3 Å². The topological polar surface area (TPSA) is 52.0 Å². The Morgan fingerprint density at radius 2 is 1.26 bits per heavy atom. The molecule has 2 aromatic carbocycles. The molecule has 4 nitrogen and oxygen atoms in total. The van der Waals surface area contributed by atoms with Crippen molar-refractivity contribution in [1.82, 2.24) is 9.55 Å². The van der Waals surface area contributed by atoms with Crippen LogP contribution >= 0.6 is 0 Å². The van der Waals surface area contributed by atoms with Gasteiger partial charge in [0.1, 0.15) is 0 Å². The third-order valence-corrected chi connectivity index (χ3v) is 7.32. The molecule has 4 heteroatoms. The quantitative estimate of drug-likeness (QED) is 0.176. The van der Waals surface area contributed by atoms with Crippen molar-refractivity contribution in [3.05, 3.63) is 69.3 Å². The molecule has 0 radical (unpaired) electrons. The van der Waals surface area contributed by atoms with Gasteiger partial charge in [-0.3, -0.25) is 14.2 Å². The number of ketones is 1. The van der Waals surface area contributed by atoms with Crippen molar-refractivity contribution in [2.45, 2.75) is 104 Å². The summed E-state index contributed by atoms with van der Waals surface area (Å²) >= 11 is 0. The zero-order chi connectivity index (χ0) is 24.6. The highest BCUT2D eigenvalue weighted by Gasteiger charge is 2.30. The molecule has 2 heterocycles. The first-order valence-electron chi connectivity index (χ1n) is 13.9. The number of benzene rings is 2. The molecular weight excluding hydrogens is 432 g/mol. The Bertz CT molecular complexity index is 1220. The largest absolute Gasteiger partial charge is 0.285 e. The van der Waals surface area contributed by atoms with Crippen molar-refractivity contribution < 1.29 is 4.79 Å². The van der Waals surface area contributed by atoms with Crippen molar-refractivity contribution in [1.29, 1.82) is 0 Å². The SMILES string of the molecule is CCCCCCCCc1ccc2c(c1)C(=O)c1nc3cc(CCCCCCCC)ccc3c(=O)n1-2. The number of unbranched alkanes of at least 4 members (excludes halogenated alkanes) is 10. The van der Waals surface area contributed by atoms with Crippen molar-refractivity contribution in [3.63, 3.8) is 0 Å². The predicted octanol–water partition coefficient (Wildman–Crippen LogP) is 7.74. The molecule has 0 N–H and O–H groups in total. The van der Waals surface area contributed by atoms with E-state index in [1.165, 1.54) is 79.9 Å². The van der Waals surface area contributed by atoms with Crippen LogP contribution in [-0.2, 0) is 12.8 Å². The molecule has 0 saturated carbocycles. The van der Waals surface area contributed by atoms with Gasteiger partial charge in [-0.05, 0) is 61.1 Å². The molecule has 3 aromatic rings. The van der Waals surface area contributed by atoms with Crippen LogP contribution in [0.15, 0.2) is 41.2 Å². The molecule has 35 heavy (non-hydrogen) atoms. The van der Waals surface area contributed by atoms with Crippen molar-refractivity contribution in [2.24, 2.45) is 0 Å². The highest BCUT2D eigenvalue weighted by Crippen LogP contribution is 2.28. The van der Waals surface area contributed by atoms with Gasteiger partial charge in [0.15, 0.2) is 5.82 Å². The van der Waals surface area contributed by atoms with Crippen molar-refractivity contribution in [2.75, 3.05) is 0 Å². The van der Waals surface area contributed by atoms with Gasteiger partial charge < -0.3 is 0 Å². The molecule has 1 aromatic heterocycles. The summed E-state index contributed by atoms with van der Waals surface area (Å²) in [6.07, 6.45) is 17.0. The fraction of sp³-hybridized carbons (Fsp3) is 0.516. The third kappa shape index (κ3) is 5.91. The summed E-state index contributed by atoms with van der Waals surface area (Å²) in [6, 6.07) is 11.9. The summed E-state index contributed by atoms with van der Waals surface area (Å²) in [4.78, 5) is 31.3. The van der Waals surface area contributed by atoms with Gasteiger partial charge in [0, 0.05) is 0 Å². The Morgan fingerprint density at radius 3 is 1.91 bits per heavy atom. The number of carbonyl (C=O) groups excluding carboxylic acids is 1. The highest BCUT2D eigenvalue weighted by molar-refractivity contribution is 6.13. The molecule has 0 unspecified atom stereocenters. The molecule has 0 bridgehead atoms. The first-order chi connectivity index (χ1) is 17.1. The van der Waals surface area contributed by atoms with E-state index in [0.717, 1.165) is 25.7 Å². The fourth-order valence-electron chi connectivity index (χ4n) is 5.22. The Kier molecular flexibility index (Phi) is 8.90. The lowest BCUT2D eigenvalue weighted by Crippen LogP contribution is -2.21. The molecular formula is C31H40N2O2. The maximum atomic E-state index is 13.4. The van der Waals surface area contributed by atoms with E-state index < -0.39 is 0 Å². The van der Waals surface area contributed by atoms with E-state index in [2.05, 4.69) is 24.9 Å². The van der Waals surface area contributed by atoms with Gasteiger partial charge in [-0.25, -0.2) is 4.98 Å². The zero-order valence-electron chi connectivity index (χ0n) is 21.6. The molecule has 0 saturated heterocycles. The zero-order valence-corrected chi connectivity index (χ0v) is 21.6. The molecule has 0 fully saturated rings. The number of nitrogens with zero attached hydrogens (tertiary/aromatic N) is 2. The van der Waals surface area contributed by atoms with Gasteiger partial charge in [0.05, 0.1) is 22.2 Å². The summed E-state index contributed by atoms with van der Waals surface area (Å²) < 4.78 is 1.52. The monoisotopic (exact) mass is 472 g/mol. The van der Waals surface area contributed by atoms with Gasteiger partial charge in [-0.1, -0.05) is 90.2 Å². The number of aryl methyl sites for hydroxylation is 2. The maximum absolute atomic E-state index is 13.4. The lowest BCUT2D eigenvalue weighted by atomic mass is 10.0. The smallest absolute Gasteiger partial charge is 0.266 e. The standard InChI is InChI=1S/C31H40N2O2/c1-3-5-7-9-11-13-15-23-18-20-28-26(21-23)29(34)30-32-27-22-24(16-14-12-10-8-6-4-2)17-19-25(27)31(35)33(28)30/h17-22H,3-16H2,1-2H3. The average Bonchev–Trinajstić information content (AvgIpc) is 3.15. The van der Waals surface area contributed by atoms with Crippen molar-refractivity contribution in [3.8, 4) is 5.69 Å². The van der Waals surface area contributed by atoms with E-state index in [-0.39, 0.29) is 17.2 Å². The van der Waals surface area contributed by atoms with E-state index in [4.69, 9.17) is 0 Å². The second-order valence-electron chi connectivity index (χ2n) is 10.1. The number of hydrogen-bond acceptors (Lipinski definition) is 3. The van der Waals surface area contributed by atoms with Crippen molar-refractivity contribution >= 4 is 16.7 Å².